The second kappa shape index (κ2) is 9.23. The van der Waals surface area contributed by atoms with Crippen LogP contribution in [-0.2, 0) is 11.2 Å². The normalized spacial score (nSPS) is 11.6. The molecule has 0 heterocycles. The van der Waals surface area contributed by atoms with Gasteiger partial charge in [0.05, 0.1) is 0 Å². The summed E-state index contributed by atoms with van der Waals surface area (Å²) in [6, 6.07) is 19.9. The van der Waals surface area contributed by atoms with Crippen molar-refractivity contribution in [2.24, 2.45) is 5.73 Å². The zero-order valence-electron chi connectivity index (χ0n) is 17.0. The molecule has 0 aromatic heterocycles. The van der Waals surface area contributed by atoms with Crippen LogP contribution < -0.4 is 11.1 Å². The third kappa shape index (κ3) is 4.35. The monoisotopic (exact) mass is 386 g/mol. The average Bonchev–Trinajstić information content (AvgIpc) is 2.75. The number of carbonyl (C=O) groups excluding carboxylic acids is 1. The maximum absolute atomic E-state index is 12.1. The van der Waals surface area contributed by atoms with Crippen LogP contribution in [0.4, 0.5) is 0 Å². The van der Waals surface area contributed by atoms with Crippen molar-refractivity contribution in [2.45, 2.75) is 44.9 Å². The van der Waals surface area contributed by atoms with Crippen LogP contribution in [0, 0.1) is 0 Å². The number of unbranched alkanes of at least 4 members (excludes halogenated alkanes) is 3. The van der Waals surface area contributed by atoms with Crippen LogP contribution in [0.5, 0.6) is 0 Å². The zero-order valence-corrected chi connectivity index (χ0v) is 17.0. The number of carbonyl (C=O) groups is 1. The molecule has 3 heteroatoms. The minimum absolute atomic E-state index is 0.168. The van der Waals surface area contributed by atoms with Crippen molar-refractivity contribution in [1.29, 1.82) is 0 Å². The van der Waals surface area contributed by atoms with Crippen LogP contribution in [0.15, 0.2) is 54.6 Å². The van der Waals surface area contributed by atoms with Gasteiger partial charge in [-0.05, 0) is 70.1 Å². The number of nitrogens with one attached hydrogen (secondary N) is 1. The van der Waals surface area contributed by atoms with E-state index < -0.39 is 0 Å². The molecule has 0 fully saturated rings. The van der Waals surface area contributed by atoms with E-state index in [1.165, 1.54) is 37.9 Å². The highest BCUT2D eigenvalue weighted by Gasteiger charge is 2.11. The molecule has 0 saturated carbocycles. The lowest BCUT2D eigenvalue weighted by molar-refractivity contribution is -0.121. The SMILES string of the molecule is NCCCCCCNC(=O)CCCc1ccc2ccc3cccc4ccc1c2c34. The lowest BCUT2D eigenvalue weighted by atomic mass is 9.90. The van der Waals surface area contributed by atoms with Crippen molar-refractivity contribution < 1.29 is 4.79 Å². The molecule has 0 saturated heterocycles. The molecule has 0 atom stereocenters. The van der Waals surface area contributed by atoms with E-state index >= 15 is 0 Å². The molecule has 0 radical (unpaired) electrons. The second-order valence-electron chi connectivity index (χ2n) is 7.99. The number of hydrogen-bond donors (Lipinski definition) is 2. The van der Waals surface area contributed by atoms with Gasteiger partial charge in [0.15, 0.2) is 0 Å². The lowest BCUT2D eigenvalue weighted by Gasteiger charge is -2.14. The highest BCUT2D eigenvalue weighted by atomic mass is 16.1. The summed E-state index contributed by atoms with van der Waals surface area (Å²) in [6.45, 7) is 1.54. The molecule has 4 aromatic rings. The first kappa shape index (κ1) is 19.7. The molecule has 0 aliphatic carbocycles. The summed E-state index contributed by atoms with van der Waals surface area (Å²) in [5.41, 5.74) is 6.84. The summed E-state index contributed by atoms with van der Waals surface area (Å²) in [6.07, 6.45) is 6.81. The Kier molecular flexibility index (Phi) is 6.26. The number of aryl methyl sites for hydroxylation is 1. The average molecular weight is 387 g/mol. The van der Waals surface area contributed by atoms with Gasteiger partial charge in [0, 0.05) is 13.0 Å². The number of benzene rings is 4. The summed E-state index contributed by atoms with van der Waals surface area (Å²) in [4.78, 5) is 12.1. The van der Waals surface area contributed by atoms with Crippen molar-refractivity contribution in [2.75, 3.05) is 13.1 Å². The molecular formula is C26H30N2O. The smallest absolute Gasteiger partial charge is 0.220 e. The van der Waals surface area contributed by atoms with Crippen molar-refractivity contribution >= 4 is 38.2 Å². The van der Waals surface area contributed by atoms with Gasteiger partial charge in [-0.3, -0.25) is 4.79 Å². The zero-order chi connectivity index (χ0) is 20.1. The van der Waals surface area contributed by atoms with Crippen LogP contribution in [0.25, 0.3) is 32.3 Å². The Morgan fingerprint density at radius 2 is 1.45 bits per heavy atom. The summed E-state index contributed by atoms with van der Waals surface area (Å²) in [5.74, 6) is 0.168. The number of hydrogen-bond acceptors (Lipinski definition) is 2. The minimum atomic E-state index is 0.168. The highest BCUT2D eigenvalue weighted by Crippen LogP contribution is 2.36. The van der Waals surface area contributed by atoms with Crippen LogP contribution in [0.2, 0.25) is 0 Å². The predicted octanol–water partition coefficient (Wildman–Crippen LogP) is 5.54. The molecule has 0 bridgehead atoms. The Hall–Kier alpha value is -2.65. The van der Waals surface area contributed by atoms with Crippen molar-refractivity contribution in [3.63, 3.8) is 0 Å². The molecular weight excluding hydrogens is 356 g/mol. The summed E-state index contributed by atoms with van der Waals surface area (Å²) in [7, 11) is 0. The Labute approximate surface area is 172 Å². The third-order valence-electron chi connectivity index (χ3n) is 5.92. The van der Waals surface area contributed by atoms with E-state index in [4.69, 9.17) is 5.73 Å². The Morgan fingerprint density at radius 1 is 0.759 bits per heavy atom. The maximum atomic E-state index is 12.1. The molecule has 4 aromatic carbocycles. The van der Waals surface area contributed by atoms with Gasteiger partial charge in [0.1, 0.15) is 0 Å². The van der Waals surface area contributed by atoms with Crippen LogP contribution in [-0.4, -0.2) is 19.0 Å². The molecule has 0 aliphatic rings. The molecule has 4 rings (SSSR count). The highest BCUT2D eigenvalue weighted by molar-refractivity contribution is 6.23. The molecule has 29 heavy (non-hydrogen) atoms. The maximum Gasteiger partial charge on any atom is 0.220 e. The van der Waals surface area contributed by atoms with Crippen LogP contribution in [0.1, 0.15) is 44.1 Å². The van der Waals surface area contributed by atoms with Gasteiger partial charge in [-0.15, -0.1) is 0 Å². The summed E-state index contributed by atoms with van der Waals surface area (Å²) in [5, 5.41) is 11.0. The van der Waals surface area contributed by atoms with E-state index in [1.54, 1.807) is 0 Å². The van der Waals surface area contributed by atoms with E-state index in [0.717, 1.165) is 51.6 Å². The molecule has 3 N–H and O–H groups in total. The van der Waals surface area contributed by atoms with Crippen LogP contribution >= 0.6 is 0 Å². The van der Waals surface area contributed by atoms with Crippen molar-refractivity contribution in [3.8, 4) is 0 Å². The van der Waals surface area contributed by atoms with E-state index in [9.17, 15) is 4.79 Å². The van der Waals surface area contributed by atoms with Gasteiger partial charge in [-0.2, -0.15) is 0 Å². The standard InChI is InChI=1S/C26H30N2O/c27-17-3-1-2-4-18-28-24(29)10-6-7-19-11-12-22-14-13-20-8-5-9-21-15-16-23(19)26(22)25(20)21/h5,8-9,11-16H,1-4,6-7,10,17-18,27H2,(H,28,29). The largest absolute Gasteiger partial charge is 0.356 e. The Balaban J connectivity index is 1.39. The van der Waals surface area contributed by atoms with Gasteiger partial charge in [-0.25, -0.2) is 0 Å². The second-order valence-corrected chi connectivity index (χ2v) is 7.99. The van der Waals surface area contributed by atoms with Gasteiger partial charge < -0.3 is 11.1 Å². The molecule has 0 spiro atoms. The quantitative estimate of drug-likeness (QED) is 0.278. The van der Waals surface area contributed by atoms with E-state index in [1.807, 2.05) is 0 Å². The number of nitrogens with two attached hydrogens (primary N) is 1. The fraction of sp³-hybridized carbons (Fsp3) is 0.346. The number of rotatable bonds is 10. The van der Waals surface area contributed by atoms with Crippen LogP contribution in [0.3, 0.4) is 0 Å². The Morgan fingerprint density at radius 3 is 2.24 bits per heavy atom. The van der Waals surface area contributed by atoms with E-state index in [2.05, 4.69) is 59.9 Å². The van der Waals surface area contributed by atoms with E-state index in [0.29, 0.717) is 6.42 Å². The van der Waals surface area contributed by atoms with Gasteiger partial charge in [-0.1, -0.05) is 67.4 Å². The predicted molar refractivity (Wildman–Crippen MR) is 124 cm³/mol. The van der Waals surface area contributed by atoms with E-state index in [-0.39, 0.29) is 5.91 Å². The first-order valence-electron chi connectivity index (χ1n) is 10.9. The van der Waals surface area contributed by atoms with Gasteiger partial charge in [0.25, 0.3) is 0 Å². The first-order chi connectivity index (χ1) is 14.3. The van der Waals surface area contributed by atoms with Crippen molar-refractivity contribution in [3.05, 3.63) is 60.2 Å². The first-order valence-corrected chi connectivity index (χ1v) is 10.9. The fourth-order valence-electron chi connectivity index (χ4n) is 4.39. The summed E-state index contributed by atoms with van der Waals surface area (Å²) < 4.78 is 0. The molecule has 0 unspecified atom stereocenters. The Bertz CT molecular complexity index is 1090. The van der Waals surface area contributed by atoms with Crippen molar-refractivity contribution in [1.82, 2.24) is 5.32 Å². The third-order valence-corrected chi connectivity index (χ3v) is 5.92. The molecule has 3 nitrogen and oxygen atoms in total. The number of amides is 1. The lowest BCUT2D eigenvalue weighted by Crippen LogP contribution is -2.24. The molecule has 1 amide bonds. The molecule has 150 valence electrons. The van der Waals surface area contributed by atoms with Gasteiger partial charge in [0.2, 0.25) is 5.91 Å². The molecule has 0 aliphatic heterocycles. The fourth-order valence-corrected chi connectivity index (χ4v) is 4.39. The van der Waals surface area contributed by atoms with Gasteiger partial charge >= 0.3 is 0 Å². The topological polar surface area (TPSA) is 55.1 Å². The minimum Gasteiger partial charge on any atom is -0.356 e. The summed E-state index contributed by atoms with van der Waals surface area (Å²) >= 11 is 0.